The van der Waals surface area contributed by atoms with Crippen LogP contribution in [0.2, 0.25) is 0 Å². The maximum atomic E-state index is 11.3. The minimum atomic E-state index is -0.338. The molecule has 0 atom stereocenters. The molecule has 2 rings (SSSR count). The van der Waals surface area contributed by atoms with Crippen LogP contribution < -0.4 is 10.4 Å². The van der Waals surface area contributed by atoms with Gasteiger partial charge < -0.3 is 9.15 Å². The molecule has 3 heteroatoms. The second-order valence-electron chi connectivity index (χ2n) is 3.96. The zero-order valence-corrected chi connectivity index (χ0v) is 9.95. The molecular formula is C14H14O3. The molecule has 0 saturated carbocycles. The van der Waals surface area contributed by atoms with E-state index in [1.165, 1.54) is 6.07 Å². The van der Waals surface area contributed by atoms with Crippen LogP contribution in [0, 0.1) is 13.8 Å². The van der Waals surface area contributed by atoms with Crippen LogP contribution in [0.4, 0.5) is 0 Å². The maximum absolute atomic E-state index is 11.3. The van der Waals surface area contributed by atoms with Crippen LogP contribution in [0.25, 0.3) is 11.0 Å². The predicted octanol–water partition coefficient (Wildman–Crippen LogP) is 2.97. The van der Waals surface area contributed by atoms with Crippen molar-refractivity contribution in [1.29, 1.82) is 0 Å². The molecule has 0 aliphatic heterocycles. The molecule has 0 spiro atoms. The monoisotopic (exact) mass is 230 g/mol. The van der Waals surface area contributed by atoms with Crippen LogP contribution >= 0.6 is 0 Å². The molecule has 1 aromatic carbocycles. The number of ether oxygens (including phenoxy) is 1. The molecule has 17 heavy (non-hydrogen) atoms. The van der Waals surface area contributed by atoms with Crippen molar-refractivity contribution < 1.29 is 9.15 Å². The summed E-state index contributed by atoms with van der Waals surface area (Å²) in [5.41, 5.74) is 2.18. The lowest BCUT2D eigenvalue weighted by atomic mass is 10.1. The zero-order valence-electron chi connectivity index (χ0n) is 9.95. The molecule has 0 radical (unpaired) electrons. The van der Waals surface area contributed by atoms with Gasteiger partial charge in [0.15, 0.2) is 0 Å². The average Bonchev–Trinajstić information content (AvgIpc) is 2.24. The van der Waals surface area contributed by atoms with Gasteiger partial charge in [0.25, 0.3) is 0 Å². The smallest absolute Gasteiger partial charge is 0.336 e. The second-order valence-corrected chi connectivity index (χ2v) is 3.96. The lowest BCUT2D eigenvalue weighted by Gasteiger charge is -2.08. The fourth-order valence-corrected chi connectivity index (χ4v) is 1.93. The molecule has 0 aliphatic rings. The Bertz CT molecular complexity index is 623. The van der Waals surface area contributed by atoms with Crippen molar-refractivity contribution >= 4 is 11.0 Å². The van der Waals surface area contributed by atoms with Crippen LogP contribution in [0.3, 0.4) is 0 Å². The van der Waals surface area contributed by atoms with Gasteiger partial charge in [-0.25, -0.2) is 4.79 Å². The van der Waals surface area contributed by atoms with E-state index in [4.69, 9.17) is 9.15 Å². The Balaban J connectivity index is 2.64. The standard InChI is InChI=1S/C14H14O3/c1-4-5-16-11-6-9(2)14-10(3)7-13(15)17-12(14)8-11/h4,6-8H,1,5H2,2-3H3. The highest BCUT2D eigenvalue weighted by molar-refractivity contribution is 5.84. The maximum Gasteiger partial charge on any atom is 0.336 e. The largest absolute Gasteiger partial charge is 0.489 e. The highest BCUT2D eigenvalue weighted by atomic mass is 16.5. The van der Waals surface area contributed by atoms with E-state index >= 15 is 0 Å². The van der Waals surface area contributed by atoms with E-state index in [0.717, 1.165) is 16.5 Å². The predicted molar refractivity (Wildman–Crippen MR) is 67.7 cm³/mol. The van der Waals surface area contributed by atoms with E-state index in [-0.39, 0.29) is 5.63 Å². The number of rotatable bonds is 3. The highest BCUT2D eigenvalue weighted by Crippen LogP contribution is 2.26. The van der Waals surface area contributed by atoms with E-state index < -0.39 is 0 Å². The van der Waals surface area contributed by atoms with E-state index in [1.807, 2.05) is 19.9 Å². The van der Waals surface area contributed by atoms with Crippen molar-refractivity contribution in [3.8, 4) is 5.75 Å². The van der Waals surface area contributed by atoms with Gasteiger partial charge in [-0.3, -0.25) is 0 Å². The van der Waals surface area contributed by atoms with E-state index in [0.29, 0.717) is 17.9 Å². The molecule has 88 valence electrons. The summed E-state index contributed by atoms with van der Waals surface area (Å²) >= 11 is 0. The summed E-state index contributed by atoms with van der Waals surface area (Å²) in [5, 5.41) is 0.968. The normalized spacial score (nSPS) is 10.5. The van der Waals surface area contributed by atoms with Crippen molar-refractivity contribution in [2.75, 3.05) is 6.61 Å². The minimum Gasteiger partial charge on any atom is -0.489 e. The van der Waals surface area contributed by atoms with Gasteiger partial charge in [0.2, 0.25) is 0 Å². The van der Waals surface area contributed by atoms with E-state index in [1.54, 1.807) is 12.1 Å². The Hall–Kier alpha value is -2.03. The Morgan fingerprint density at radius 2 is 2.00 bits per heavy atom. The zero-order chi connectivity index (χ0) is 12.4. The molecule has 0 bridgehead atoms. The highest BCUT2D eigenvalue weighted by Gasteiger charge is 2.07. The van der Waals surface area contributed by atoms with Crippen LogP contribution in [-0.4, -0.2) is 6.61 Å². The SMILES string of the molecule is C=CCOc1cc(C)c2c(C)cc(=O)oc2c1. The number of fused-ring (bicyclic) bond motifs is 1. The van der Waals surface area contributed by atoms with Gasteiger partial charge in [-0.15, -0.1) is 0 Å². The fraction of sp³-hybridized carbons (Fsp3) is 0.214. The van der Waals surface area contributed by atoms with Gasteiger partial charge in [-0.1, -0.05) is 12.7 Å². The number of aryl methyl sites for hydroxylation is 2. The fourth-order valence-electron chi connectivity index (χ4n) is 1.93. The topological polar surface area (TPSA) is 39.4 Å². The molecule has 1 heterocycles. The Morgan fingerprint density at radius 1 is 1.29 bits per heavy atom. The van der Waals surface area contributed by atoms with Gasteiger partial charge in [0.05, 0.1) is 0 Å². The summed E-state index contributed by atoms with van der Waals surface area (Å²) < 4.78 is 10.6. The van der Waals surface area contributed by atoms with Crippen LogP contribution in [0.15, 0.2) is 40.1 Å². The molecular weight excluding hydrogens is 216 g/mol. The first-order chi connectivity index (χ1) is 8.11. The molecule has 2 aromatic rings. The van der Waals surface area contributed by atoms with Crippen molar-refractivity contribution in [3.63, 3.8) is 0 Å². The van der Waals surface area contributed by atoms with Crippen molar-refractivity contribution in [2.45, 2.75) is 13.8 Å². The van der Waals surface area contributed by atoms with Crippen molar-refractivity contribution in [3.05, 3.63) is 52.4 Å². The van der Waals surface area contributed by atoms with Gasteiger partial charge in [-0.2, -0.15) is 0 Å². The molecule has 0 fully saturated rings. The quantitative estimate of drug-likeness (QED) is 0.601. The molecule has 3 nitrogen and oxygen atoms in total. The number of benzene rings is 1. The van der Waals surface area contributed by atoms with Gasteiger partial charge >= 0.3 is 5.63 Å². The van der Waals surface area contributed by atoms with Crippen LogP contribution in [-0.2, 0) is 0 Å². The first-order valence-electron chi connectivity index (χ1n) is 5.40. The van der Waals surface area contributed by atoms with Crippen molar-refractivity contribution in [2.24, 2.45) is 0 Å². The minimum absolute atomic E-state index is 0.338. The third-order valence-corrected chi connectivity index (χ3v) is 2.58. The summed E-state index contributed by atoms with van der Waals surface area (Å²) in [6, 6.07) is 5.17. The third kappa shape index (κ3) is 2.23. The van der Waals surface area contributed by atoms with Crippen LogP contribution in [0.5, 0.6) is 5.75 Å². The third-order valence-electron chi connectivity index (χ3n) is 2.58. The Kier molecular flexibility index (Phi) is 3.00. The molecule has 0 N–H and O–H groups in total. The molecule has 0 amide bonds. The summed E-state index contributed by atoms with van der Waals surface area (Å²) in [6.45, 7) is 7.89. The first kappa shape index (κ1) is 11.5. The summed E-state index contributed by atoms with van der Waals surface area (Å²) in [6.07, 6.45) is 1.67. The number of hydrogen-bond donors (Lipinski definition) is 0. The molecule has 0 saturated heterocycles. The number of hydrogen-bond acceptors (Lipinski definition) is 3. The Labute approximate surface area is 99.3 Å². The van der Waals surface area contributed by atoms with Gasteiger partial charge in [0.1, 0.15) is 17.9 Å². The van der Waals surface area contributed by atoms with E-state index in [2.05, 4.69) is 6.58 Å². The van der Waals surface area contributed by atoms with Gasteiger partial charge in [0, 0.05) is 17.5 Å². The summed E-state index contributed by atoms with van der Waals surface area (Å²) in [5.74, 6) is 0.684. The van der Waals surface area contributed by atoms with Gasteiger partial charge in [-0.05, 0) is 31.0 Å². The lowest BCUT2D eigenvalue weighted by Crippen LogP contribution is -2.00. The summed E-state index contributed by atoms with van der Waals surface area (Å²) in [4.78, 5) is 11.3. The second kappa shape index (κ2) is 4.45. The van der Waals surface area contributed by atoms with Crippen LogP contribution in [0.1, 0.15) is 11.1 Å². The lowest BCUT2D eigenvalue weighted by molar-refractivity contribution is 0.362. The summed E-state index contributed by atoms with van der Waals surface area (Å²) in [7, 11) is 0. The molecule has 0 unspecified atom stereocenters. The average molecular weight is 230 g/mol. The van der Waals surface area contributed by atoms with Crippen molar-refractivity contribution in [1.82, 2.24) is 0 Å². The molecule has 0 aliphatic carbocycles. The molecule has 1 aromatic heterocycles. The van der Waals surface area contributed by atoms with E-state index in [9.17, 15) is 4.79 Å². The first-order valence-corrected chi connectivity index (χ1v) is 5.40. The Morgan fingerprint density at radius 3 is 2.71 bits per heavy atom.